The summed E-state index contributed by atoms with van der Waals surface area (Å²) in [6, 6.07) is 0. The molecule has 0 radical (unpaired) electrons. The van der Waals surface area contributed by atoms with Gasteiger partial charge >= 0.3 is 5.97 Å². The molecule has 6 nitrogen and oxygen atoms in total. The van der Waals surface area contributed by atoms with Crippen LogP contribution in [0.15, 0.2) is 11.6 Å². The molecule has 0 aromatic rings. The molecule has 0 aliphatic heterocycles. The largest absolute Gasteiger partial charge is 0.481 e. The normalized spacial score (nSPS) is 15.6. The van der Waals surface area contributed by atoms with E-state index in [0.717, 1.165) is 12.8 Å². The van der Waals surface area contributed by atoms with Crippen LogP contribution in [-0.4, -0.2) is 58.4 Å². The van der Waals surface area contributed by atoms with Crippen molar-refractivity contribution in [2.24, 2.45) is 23.7 Å². The summed E-state index contributed by atoms with van der Waals surface area (Å²) in [5.41, 5.74) is 0.683. The minimum absolute atomic E-state index is 0.0949. The maximum Gasteiger partial charge on any atom is 0.311 e. The highest BCUT2D eigenvalue weighted by molar-refractivity contribution is 5.84. The van der Waals surface area contributed by atoms with Gasteiger partial charge in [-0.1, -0.05) is 39.3 Å². The van der Waals surface area contributed by atoms with Gasteiger partial charge in [0.2, 0.25) is 5.91 Å². The lowest BCUT2D eigenvalue weighted by Crippen LogP contribution is -2.38. The number of aliphatic hydroxyl groups is 2. The fraction of sp³-hybridized carbons (Fsp3) is 0.800. The number of carboxylic acids is 1. The SMILES string of the molecule is CC(=CC(C)CC(C)CC(C)C)C(CC(=O)N(CCO)CCO)C(=O)O. The second-order valence-corrected chi connectivity index (χ2v) is 7.78. The number of aliphatic carboxylic acids is 1. The van der Waals surface area contributed by atoms with Crippen molar-refractivity contribution in [2.75, 3.05) is 26.3 Å². The lowest BCUT2D eigenvalue weighted by molar-refractivity contribution is -0.144. The van der Waals surface area contributed by atoms with E-state index in [1.807, 2.05) is 6.08 Å². The maximum atomic E-state index is 12.3. The Morgan fingerprint density at radius 1 is 1.00 bits per heavy atom. The number of aliphatic hydroxyl groups excluding tert-OH is 2. The highest BCUT2D eigenvalue weighted by Gasteiger charge is 2.26. The fourth-order valence-corrected chi connectivity index (χ4v) is 3.52. The van der Waals surface area contributed by atoms with Crippen LogP contribution in [0.3, 0.4) is 0 Å². The van der Waals surface area contributed by atoms with Crippen molar-refractivity contribution in [1.29, 1.82) is 0 Å². The Hall–Kier alpha value is -1.40. The summed E-state index contributed by atoms with van der Waals surface area (Å²) in [5, 5.41) is 27.6. The zero-order valence-corrected chi connectivity index (χ0v) is 16.9. The highest BCUT2D eigenvalue weighted by Crippen LogP contribution is 2.24. The first-order chi connectivity index (χ1) is 12.1. The third-order valence-electron chi connectivity index (χ3n) is 4.51. The van der Waals surface area contributed by atoms with Gasteiger partial charge in [0, 0.05) is 19.5 Å². The minimum atomic E-state index is -1.03. The lowest BCUT2D eigenvalue weighted by Gasteiger charge is -2.23. The van der Waals surface area contributed by atoms with Gasteiger partial charge in [-0.15, -0.1) is 0 Å². The predicted octanol–water partition coefficient (Wildman–Crippen LogP) is 2.55. The Morgan fingerprint density at radius 2 is 1.54 bits per heavy atom. The molecule has 0 fully saturated rings. The molecule has 0 saturated carbocycles. The molecule has 0 bridgehead atoms. The Labute approximate surface area is 157 Å². The lowest BCUT2D eigenvalue weighted by atomic mass is 9.87. The molecule has 1 amide bonds. The van der Waals surface area contributed by atoms with Crippen LogP contribution >= 0.6 is 0 Å². The van der Waals surface area contributed by atoms with Gasteiger partial charge in [-0.05, 0) is 37.5 Å². The smallest absolute Gasteiger partial charge is 0.311 e. The van der Waals surface area contributed by atoms with Gasteiger partial charge in [-0.3, -0.25) is 9.59 Å². The first-order valence-corrected chi connectivity index (χ1v) is 9.52. The number of allylic oxidation sites excluding steroid dienone is 1. The van der Waals surface area contributed by atoms with Gasteiger partial charge in [0.1, 0.15) is 0 Å². The van der Waals surface area contributed by atoms with Crippen molar-refractivity contribution in [3.8, 4) is 0 Å². The molecule has 6 heteroatoms. The summed E-state index contributed by atoms with van der Waals surface area (Å²) in [6.07, 6.45) is 3.92. The van der Waals surface area contributed by atoms with Gasteiger partial charge in [-0.25, -0.2) is 0 Å². The molecule has 152 valence electrons. The van der Waals surface area contributed by atoms with Crippen LogP contribution in [0.25, 0.3) is 0 Å². The molecule has 3 unspecified atom stereocenters. The van der Waals surface area contributed by atoms with Crippen LogP contribution in [0.2, 0.25) is 0 Å². The Morgan fingerprint density at radius 3 is 1.96 bits per heavy atom. The zero-order valence-electron chi connectivity index (χ0n) is 16.9. The molecule has 0 aliphatic rings. The van der Waals surface area contributed by atoms with Gasteiger partial charge < -0.3 is 20.2 Å². The van der Waals surface area contributed by atoms with Gasteiger partial charge in [-0.2, -0.15) is 0 Å². The van der Waals surface area contributed by atoms with Crippen LogP contribution < -0.4 is 0 Å². The Bertz CT molecular complexity index is 455. The predicted molar refractivity (Wildman–Crippen MR) is 103 cm³/mol. The van der Waals surface area contributed by atoms with Crippen molar-refractivity contribution < 1.29 is 24.9 Å². The topological polar surface area (TPSA) is 98.1 Å². The van der Waals surface area contributed by atoms with Gasteiger partial charge in [0.05, 0.1) is 19.1 Å². The van der Waals surface area contributed by atoms with Crippen molar-refractivity contribution in [2.45, 2.75) is 53.9 Å². The van der Waals surface area contributed by atoms with Crippen LogP contribution in [0.4, 0.5) is 0 Å². The van der Waals surface area contributed by atoms with E-state index >= 15 is 0 Å². The second kappa shape index (κ2) is 12.9. The summed E-state index contributed by atoms with van der Waals surface area (Å²) in [4.78, 5) is 25.3. The average molecular weight is 372 g/mol. The summed E-state index contributed by atoms with van der Waals surface area (Å²) in [6.45, 7) is 10.2. The molecule has 0 aromatic heterocycles. The van der Waals surface area contributed by atoms with E-state index in [9.17, 15) is 14.7 Å². The minimum Gasteiger partial charge on any atom is -0.481 e. The van der Waals surface area contributed by atoms with E-state index in [1.54, 1.807) is 6.92 Å². The standard InChI is InChI=1S/C20H37NO5/c1-14(2)10-15(3)11-16(4)12-17(5)18(20(25)26)13-19(24)21(6-8-22)7-9-23/h12,14-16,18,22-23H,6-11,13H2,1-5H3,(H,25,26). The van der Waals surface area contributed by atoms with E-state index < -0.39 is 11.9 Å². The van der Waals surface area contributed by atoms with Crippen molar-refractivity contribution in [3.63, 3.8) is 0 Å². The van der Waals surface area contributed by atoms with Crippen molar-refractivity contribution >= 4 is 11.9 Å². The van der Waals surface area contributed by atoms with E-state index in [0.29, 0.717) is 17.4 Å². The number of hydrogen-bond acceptors (Lipinski definition) is 4. The summed E-state index contributed by atoms with van der Waals surface area (Å²) in [5.74, 6) is -0.840. The molecule has 3 N–H and O–H groups in total. The van der Waals surface area contributed by atoms with E-state index in [-0.39, 0.29) is 44.5 Å². The number of nitrogens with zero attached hydrogens (tertiary/aromatic N) is 1. The molecule has 0 saturated heterocycles. The molecule has 0 heterocycles. The van der Waals surface area contributed by atoms with Crippen molar-refractivity contribution in [1.82, 2.24) is 4.90 Å². The number of rotatable bonds is 13. The first-order valence-electron chi connectivity index (χ1n) is 9.52. The monoisotopic (exact) mass is 371 g/mol. The summed E-state index contributed by atoms with van der Waals surface area (Å²) >= 11 is 0. The number of carbonyl (C=O) groups is 2. The Balaban J connectivity index is 5.00. The van der Waals surface area contributed by atoms with Crippen molar-refractivity contribution in [3.05, 3.63) is 11.6 Å². The third kappa shape index (κ3) is 9.92. The number of hydrogen-bond donors (Lipinski definition) is 3. The molecule has 26 heavy (non-hydrogen) atoms. The van der Waals surface area contributed by atoms with E-state index in [2.05, 4.69) is 27.7 Å². The first kappa shape index (κ1) is 24.6. The van der Waals surface area contributed by atoms with Gasteiger partial charge in [0.15, 0.2) is 0 Å². The highest BCUT2D eigenvalue weighted by atomic mass is 16.4. The molecule has 3 atom stereocenters. The average Bonchev–Trinajstić information content (AvgIpc) is 2.50. The van der Waals surface area contributed by atoms with Crippen LogP contribution in [0.5, 0.6) is 0 Å². The molecule has 0 spiro atoms. The third-order valence-corrected chi connectivity index (χ3v) is 4.51. The van der Waals surface area contributed by atoms with Crippen LogP contribution in [0, 0.1) is 23.7 Å². The number of carbonyl (C=O) groups excluding carboxylic acids is 1. The van der Waals surface area contributed by atoms with E-state index in [4.69, 9.17) is 10.2 Å². The molecular formula is C20H37NO5. The molecular weight excluding hydrogens is 334 g/mol. The van der Waals surface area contributed by atoms with E-state index in [1.165, 1.54) is 4.90 Å². The number of carboxylic acid groups (broad SMARTS) is 1. The quantitative estimate of drug-likeness (QED) is 0.432. The summed E-state index contributed by atoms with van der Waals surface area (Å²) in [7, 11) is 0. The fourth-order valence-electron chi connectivity index (χ4n) is 3.52. The van der Waals surface area contributed by atoms with Gasteiger partial charge in [0.25, 0.3) is 0 Å². The number of amides is 1. The zero-order chi connectivity index (χ0) is 20.3. The van der Waals surface area contributed by atoms with Crippen LogP contribution in [0.1, 0.15) is 53.9 Å². The molecule has 0 aliphatic carbocycles. The summed E-state index contributed by atoms with van der Waals surface area (Å²) < 4.78 is 0. The Kier molecular flexibility index (Phi) is 12.2. The molecule has 0 rings (SSSR count). The van der Waals surface area contributed by atoms with Crippen LogP contribution in [-0.2, 0) is 9.59 Å². The molecule has 0 aromatic carbocycles. The second-order valence-electron chi connectivity index (χ2n) is 7.78. The maximum absolute atomic E-state index is 12.3.